The van der Waals surface area contributed by atoms with Gasteiger partial charge in [-0.25, -0.2) is 17.9 Å². The highest BCUT2D eigenvalue weighted by Crippen LogP contribution is 2.22. The Labute approximate surface area is 132 Å². The number of aromatic carboxylic acids is 1. The number of aromatic nitrogens is 1. The first-order chi connectivity index (χ1) is 10.3. The Morgan fingerprint density at radius 2 is 2.05 bits per heavy atom. The van der Waals surface area contributed by atoms with E-state index in [1.807, 2.05) is 0 Å². The summed E-state index contributed by atoms with van der Waals surface area (Å²) in [5.41, 5.74) is 0.286. The van der Waals surface area contributed by atoms with Gasteiger partial charge < -0.3 is 5.11 Å². The van der Waals surface area contributed by atoms with Crippen LogP contribution in [0.1, 0.15) is 29.0 Å². The number of carboxylic acid groups (broad SMARTS) is 1. The average Bonchev–Trinajstić information content (AvgIpc) is 2.47. The van der Waals surface area contributed by atoms with E-state index >= 15 is 0 Å². The number of carbonyl (C=O) groups is 1. The lowest BCUT2D eigenvalue weighted by Crippen LogP contribution is -2.27. The average molecular weight is 341 g/mol. The van der Waals surface area contributed by atoms with E-state index in [1.54, 1.807) is 31.3 Å². The standard InChI is InChI=1S/C14H13ClN2O4S/c1-9(13-4-2-3-7-16-13)17-22(20,21)10-5-6-12(15)11(8-10)14(18)19/h2-9,17H,1H3,(H,18,19). The van der Waals surface area contributed by atoms with Gasteiger partial charge in [0.25, 0.3) is 0 Å². The van der Waals surface area contributed by atoms with Crippen molar-refractivity contribution in [3.05, 3.63) is 58.9 Å². The molecule has 1 aromatic heterocycles. The summed E-state index contributed by atoms with van der Waals surface area (Å²) in [7, 11) is -3.89. The number of carboxylic acids is 1. The van der Waals surface area contributed by atoms with E-state index in [-0.39, 0.29) is 15.5 Å². The van der Waals surface area contributed by atoms with Crippen LogP contribution in [-0.4, -0.2) is 24.5 Å². The molecular weight excluding hydrogens is 328 g/mol. The van der Waals surface area contributed by atoms with Gasteiger partial charge in [-0.05, 0) is 37.3 Å². The van der Waals surface area contributed by atoms with Crippen LogP contribution in [-0.2, 0) is 10.0 Å². The summed E-state index contributed by atoms with van der Waals surface area (Å²) in [5.74, 6) is -1.29. The first kappa shape index (κ1) is 16.4. The second-order valence-electron chi connectivity index (χ2n) is 4.54. The number of sulfonamides is 1. The molecule has 116 valence electrons. The number of nitrogens with zero attached hydrogens (tertiary/aromatic N) is 1. The monoisotopic (exact) mass is 340 g/mol. The molecule has 0 bridgehead atoms. The molecule has 22 heavy (non-hydrogen) atoms. The fourth-order valence-corrected chi connectivity index (χ4v) is 3.27. The molecule has 0 aliphatic carbocycles. The van der Waals surface area contributed by atoms with Gasteiger partial charge in [0.2, 0.25) is 10.0 Å². The Morgan fingerprint density at radius 1 is 1.32 bits per heavy atom. The van der Waals surface area contributed by atoms with Crippen molar-refractivity contribution in [2.45, 2.75) is 17.9 Å². The summed E-state index contributed by atoms with van der Waals surface area (Å²) in [4.78, 5) is 14.9. The number of benzene rings is 1. The Balaban J connectivity index is 2.31. The summed E-state index contributed by atoms with van der Waals surface area (Å²) < 4.78 is 27.1. The van der Waals surface area contributed by atoms with Gasteiger partial charge in [0.1, 0.15) is 0 Å². The smallest absolute Gasteiger partial charge is 0.337 e. The molecule has 6 nitrogen and oxygen atoms in total. The molecule has 1 atom stereocenters. The van der Waals surface area contributed by atoms with Crippen molar-refractivity contribution in [3.8, 4) is 0 Å². The van der Waals surface area contributed by atoms with Crippen molar-refractivity contribution < 1.29 is 18.3 Å². The first-order valence-electron chi connectivity index (χ1n) is 6.27. The van der Waals surface area contributed by atoms with Crippen molar-refractivity contribution in [2.75, 3.05) is 0 Å². The van der Waals surface area contributed by atoms with E-state index < -0.39 is 22.0 Å². The highest BCUT2D eigenvalue weighted by atomic mass is 35.5. The highest BCUT2D eigenvalue weighted by molar-refractivity contribution is 7.89. The molecule has 8 heteroatoms. The molecule has 2 rings (SSSR count). The summed E-state index contributed by atoms with van der Waals surface area (Å²) in [5, 5.41) is 8.98. The molecule has 1 aromatic carbocycles. The number of pyridine rings is 1. The molecule has 0 saturated carbocycles. The third-order valence-electron chi connectivity index (χ3n) is 2.94. The van der Waals surface area contributed by atoms with E-state index in [4.69, 9.17) is 16.7 Å². The predicted octanol–water partition coefficient (Wildman–Crippen LogP) is 2.47. The Morgan fingerprint density at radius 3 is 2.64 bits per heavy atom. The SMILES string of the molecule is CC(NS(=O)(=O)c1ccc(Cl)c(C(=O)O)c1)c1ccccn1. The molecule has 0 aliphatic heterocycles. The van der Waals surface area contributed by atoms with Gasteiger partial charge in [0, 0.05) is 6.20 Å². The molecule has 0 radical (unpaired) electrons. The summed E-state index contributed by atoms with van der Waals surface area (Å²) in [6.45, 7) is 1.65. The normalized spacial score (nSPS) is 12.8. The van der Waals surface area contributed by atoms with Crippen LogP contribution in [0, 0.1) is 0 Å². The third kappa shape index (κ3) is 3.62. The van der Waals surface area contributed by atoms with Gasteiger partial charge >= 0.3 is 5.97 Å². The Hall–Kier alpha value is -1.96. The van der Waals surface area contributed by atoms with Gasteiger partial charge in [0.05, 0.1) is 27.2 Å². The third-order valence-corrected chi connectivity index (χ3v) is 4.81. The molecular formula is C14H13ClN2O4S. The quantitative estimate of drug-likeness (QED) is 0.871. The topological polar surface area (TPSA) is 96.4 Å². The van der Waals surface area contributed by atoms with Gasteiger partial charge in [0.15, 0.2) is 0 Å². The Bertz CT molecular complexity index is 794. The van der Waals surface area contributed by atoms with Crippen molar-refractivity contribution in [3.63, 3.8) is 0 Å². The van der Waals surface area contributed by atoms with Crippen LogP contribution in [0.5, 0.6) is 0 Å². The van der Waals surface area contributed by atoms with Crippen molar-refractivity contribution in [1.29, 1.82) is 0 Å². The molecule has 0 aliphatic rings. The largest absolute Gasteiger partial charge is 0.478 e. The van der Waals surface area contributed by atoms with Crippen LogP contribution >= 0.6 is 11.6 Å². The molecule has 0 fully saturated rings. The molecule has 0 spiro atoms. The lowest BCUT2D eigenvalue weighted by molar-refractivity contribution is 0.0697. The second-order valence-corrected chi connectivity index (χ2v) is 6.67. The minimum absolute atomic E-state index is 0.0239. The van der Waals surface area contributed by atoms with Crippen LogP contribution in [0.3, 0.4) is 0 Å². The highest BCUT2D eigenvalue weighted by Gasteiger charge is 2.21. The first-order valence-corrected chi connectivity index (χ1v) is 8.13. The summed E-state index contributed by atoms with van der Waals surface area (Å²) in [6, 6.07) is 8.12. The predicted molar refractivity (Wildman–Crippen MR) is 81.4 cm³/mol. The number of hydrogen-bond acceptors (Lipinski definition) is 4. The van der Waals surface area contributed by atoms with Crippen LogP contribution < -0.4 is 4.72 Å². The zero-order chi connectivity index (χ0) is 16.3. The maximum Gasteiger partial charge on any atom is 0.337 e. The van der Waals surface area contributed by atoms with Crippen molar-refractivity contribution in [1.82, 2.24) is 9.71 Å². The zero-order valence-corrected chi connectivity index (χ0v) is 13.1. The van der Waals surface area contributed by atoms with Gasteiger partial charge in [-0.2, -0.15) is 0 Å². The summed E-state index contributed by atoms with van der Waals surface area (Å²) in [6.07, 6.45) is 1.56. The van der Waals surface area contributed by atoms with Crippen LogP contribution in [0.15, 0.2) is 47.5 Å². The number of halogens is 1. The fraction of sp³-hybridized carbons (Fsp3) is 0.143. The number of hydrogen-bond donors (Lipinski definition) is 2. The van der Waals surface area contributed by atoms with Crippen LogP contribution in [0.25, 0.3) is 0 Å². The number of rotatable bonds is 5. The minimum Gasteiger partial charge on any atom is -0.478 e. The zero-order valence-electron chi connectivity index (χ0n) is 11.5. The molecule has 0 saturated heterocycles. The van der Waals surface area contributed by atoms with Gasteiger partial charge in [-0.15, -0.1) is 0 Å². The van der Waals surface area contributed by atoms with Gasteiger partial charge in [-0.3, -0.25) is 4.98 Å². The van der Waals surface area contributed by atoms with Crippen molar-refractivity contribution in [2.24, 2.45) is 0 Å². The van der Waals surface area contributed by atoms with E-state index in [1.165, 1.54) is 12.1 Å². The fourth-order valence-electron chi connectivity index (χ4n) is 1.83. The maximum atomic E-state index is 12.3. The van der Waals surface area contributed by atoms with Crippen LogP contribution in [0.4, 0.5) is 0 Å². The summed E-state index contributed by atoms with van der Waals surface area (Å²) >= 11 is 5.74. The molecule has 1 unspecified atom stereocenters. The second kappa shape index (κ2) is 6.43. The van der Waals surface area contributed by atoms with Gasteiger partial charge in [-0.1, -0.05) is 17.7 Å². The number of nitrogens with one attached hydrogen (secondary N) is 1. The molecule has 1 heterocycles. The van der Waals surface area contributed by atoms with Crippen LogP contribution in [0.2, 0.25) is 5.02 Å². The Kier molecular flexibility index (Phi) is 4.80. The van der Waals surface area contributed by atoms with E-state index in [9.17, 15) is 13.2 Å². The van der Waals surface area contributed by atoms with E-state index in [0.29, 0.717) is 5.69 Å². The van der Waals surface area contributed by atoms with E-state index in [0.717, 1.165) is 6.07 Å². The van der Waals surface area contributed by atoms with Crippen molar-refractivity contribution >= 4 is 27.6 Å². The molecule has 2 N–H and O–H groups in total. The molecule has 0 amide bonds. The van der Waals surface area contributed by atoms with E-state index in [2.05, 4.69) is 9.71 Å². The lowest BCUT2D eigenvalue weighted by atomic mass is 10.2. The molecule has 2 aromatic rings. The lowest BCUT2D eigenvalue weighted by Gasteiger charge is -2.14. The maximum absolute atomic E-state index is 12.3. The minimum atomic E-state index is -3.89.